The molecule has 1 aliphatic carbocycles. The van der Waals surface area contributed by atoms with Gasteiger partial charge in [0.25, 0.3) is 0 Å². The van der Waals surface area contributed by atoms with E-state index in [0.717, 1.165) is 6.42 Å². The first-order valence-corrected chi connectivity index (χ1v) is 8.33. The molecule has 5 heteroatoms. The van der Waals surface area contributed by atoms with Gasteiger partial charge in [-0.15, -0.1) is 0 Å². The third-order valence-corrected chi connectivity index (χ3v) is 4.58. The highest BCUT2D eigenvalue weighted by molar-refractivity contribution is 5.84. The van der Waals surface area contributed by atoms with Gasteiger partial charge in [-0.25, -0.2) is 0 Å². The highest BCUT2D eigenvalue weighted by Gasteiger charge is 2.60. The Morgan fingerprint density at radius 2 is 2.21 bits per heavy atom. The van der Waals surface area contributed by atoms with E-state index >= 15 is 0 Å². The normalized spacial score (nSPS) is 23.8. The third-order valence-electron chi connectivity index (χ3n) is 4.58. The maximum Gasteiger partial charge on any atom is 0.223 e. The third kappa shape index (κ3) is 3.61. The van der Waals surface area contributed by atoms with Gasteiger partial charge in [0, 0.05) is 24.7 Å². The number of allylic oxidation sites excluding steroid dienone is 2. The smallest absolute Gasteiger partial charge is 0.223 e. The zero-order valence-corrected chi connectivity index (χ0v) is 14.9. The summed E-state index contributed by atoms with van der Waals surface area (Å²) in [4.78, 5) is 16.4. The minimum Gasteiger partial charge on any atom is -0.489 e. The van der Waals surface area contributed by atoms with Crippen molar-refractivity contribution in [2.45, 2.75) is 32.6 Å². The number of aliphatic imine (C=N–C) groups is 1. The number of nitrogens with two attached hydrogens (primary N) is 1. The fraction of sp³-hybridized carbons (Fsp3) is 0.474. The first-order chi connectivity index (χ1) is 11.5. The molecule has 2 atom stereocenters. The van der Waals surface area contributed by atoms with Crippen LogP contribution in [0.15, 0.2) is 40.7 Å². The lowest BCUT2D eigenvalue weighted by Gasteiger charge is -2.21. The summed E-state index contributed by atoms with van der Waals surface area (Å²) in [6, 6.07) is 8.17. The van der Waals surface area contributed by atoms with Crippen LogP contribution in [0.1, 0.15) is 31.4 Å². The Morgan fingerprint density at radius 3 is 2.79 bits per heavy atom. The molecule has 130 valence electrons. The zero-order chi connectivity index (χ0) is 17.7. The van der Waals surface area contributed by atoms with Gasteiger partial charge in [0.05, 0.1) is 18.7 Å². The highest BCUT2D eigenvalue weighted by atomic mass is 16.5. The predicted molar refractivity (Wildman–Crippen MR) is 96.9 cm³/mol. The van der Waals surface area contributed by atoms with Crippen molar-refractivity contribution in [2.24, 2.45) is 16.6 Å². The summed E-state index contributed by atoms with van der Waals surface area (Å²) < 4.78 is 5.99. The second kappa shape index (κ2) is 7.51. The first-order valence-electron chi connectivity index (χ1n) is 8.33. The quantitative estimate of drug-likeness (QED) is 0.595. The minimum absolute atomic E-state index is 0.0547. The fourth-order valence-electron chi connectivity index (χ4n) is 3.12. The van der Waals surface area contributed by atoms with E-state index in [4.69, 9.17) is 10.5 Å². The summed E-state index contributed by atoms with van der Waals surface area (Å²) in [5.41, 5.74) is 8.53. The van der Waals surface area contributed by atoms with Crippen molar-refractivity contribution in [2.75, 3.05) is 20.2 Å². The number of hydrogen-bond acceptors (Lipinski definition) is 4. The van der Waals surface area contributed by atoms with Gasteiger partial charge in [0.15, 0.2) is 5.76 Å². The van der Waals surface area contributed by atoms with Crippen LogP contribution in [0, 0.1) is 12.8 Å². The van der Waals surface area contributed by atoms with Gasteiger partial charge < -0.3 is 15.8 Å². The van der Waals surface area contributed by atoms with Gasteiger partial charge in [-0.1, -0.05) is 24.3 Å². The van der Waals surface area contributed by atoms with E-state index in [0.29, 0.717) is 24.6 Å². The lowest BCUT2D eigenvalue weighted by atomic mass is 9.90. The van der Waals surface area contributed by atoms with Crippen molar-refractivity contribution < 1.29 is 9.53 Å². The number of benzene rings is 1. The molecule has 0 radical (unpaired) electrons. The molecular formula is C19H27N3O2. The van der Waals surface area contributed by atoms with E-state index in [2.05, 4.69) is 29.4 Å². The lowest BCUT2D eigenvalue weighted by molar-refractivity contribution is -0.122. The number of nitrogens with one attached hydrogen (secondary N) is 1. The monoisotopic (exact) mass is 329 g/mol. The second-order valence-corrected chi connectivity index (χ2v) is 6.31. The molecule has 0 aliphatic heterocycles. The van der Waals surface area contributed by atoms with E-state index in [-0.39, 0.29) is 17.2 Å². The van der Waals surface area contributed by atoms with Crippen LogP contribution in [0.4, 0.5) is 0 Å². The van der Waals surface area contributed by atoms with Crippen LogP contribution in [0.2, 0.25) is 0 Å². The summed E-state index contributed by atoms with van der Waals surface area (Å²) in [7, 11) is 1.67. The number of rotatable bonds is 7. The van der Waals surface area contributed by atoms with Gasteiger partial charge in [0.1, 0.15) is 0 Å². The van der Waals surface area contributed by atoms with Crippen molar-refractivity contribution in [3.05, 3.63) is 46.8 Å². The number of ether oxygens (including phenoxy) is 1. The maximum atomic E-state index is 12.2. The van der Waals surface area contributed by atoms with Crippen LogP contribution in [0.5, 0.6) is 0 Å². The van der Waals surface area contributed by atoms with E-state index < -0.39 is 0 Å². The molecule has 1 aliphatic rings. The predicted octanol–water partition coefficient (Wildman–Crippen LogP) is 2.30. The Kier molecular flexibility index (Phi) is 5.65. The summed E-state index contributed by atoms with van der Waals surface area (Å²) in [5.74, 6) is 0.553. The SMILES string of the molecule is CCN=C/C(OCC1(c2ccccc2C)CC1C(=O)NC)=C(/C)N. The summed E-state index contributed by atoms with van der Waals surface area (Å²) in [5, 5.41) is 2.76. The van der Waals surface area contributed by atoms with Crippen LogP contribution >= 0.6 is 0 Å². The highest BCUT2D eigenvalue weighted by Crippen LogP contribution is 2.55. The Labute approximate surface area is 144 Å². The van der Waals surface area contributed by atoms with Crippen molar-refractivity contribution in [3.63, 3.8) is 0 Å². The molecule has 1 fully saturated rings. The lowest BCUT2D eigenvalue weighted by Crippen LogP contribution is -2.28. The molecule has 0 bridgehead atoms. The van der Waals surface area contributed by atoms with Gasteiger partial charge in [-0.2, -0.15) is 0 Å². The fourth-order valence-corrected chi connectivity index (χ4v) is 3.12. The summed E-state index contributed by atoms with van der Waals surface area (Å²) >= 11 is 0. The number of nitrogens with zero attached hydrogens (tertiary/aromatic N) is 1. The molecule has 3 N–H and O–H groups in total. The molecule has 0 aromatic heterocycles. The molecule has 1 amide bonds. The zero-order valence-electron chi connectivity index (χ0n) is 14.9. The van der Waals surface area contributed by atoms with Crippen LogP contribution in [0.25, 0.3) is 0 Å². The van der Waals surface area contributed by atoms with Crippen LogP contribution in [-0.2, 0) is 14.9 Å². The maximum absolute atomic E-state index is 12.2. The van der Waals surface area contributed by atoms with E-state index in [1.807, 2.05) is 19.1 Å². The largest absolute Gasteiger partial charge is 0.489 e. The van der Waals surface area contributed by atoms with Crippen molar-refractivity contribution in [1.29, 1.82) is 0 Å². The number of amides is 1. The number of aryl methyl sites for hydroxylation is 1. The average molecular weight is 329 g/mol. The Bertz CT molecular complexity index is 662. The topological polar surface area (TPSA) is 76.7 Å². The average Bonchev–Trinajstić information content (AvgIpc) is 3.30. The molecular weight excluding hydrogens is 302 g/mol. The molecule has 0 spiro atoms. The number of hydrogen-bond donors (Lipinski definition) is 2. The molecule has 2 rings (SSSR count). The van der Waals surface area contributed by atoms with E-state index in [1.54, 1.807) is 20.2 Å². The molecule has 24 heavy (non-hydrogen) atoms. The minimum atomic E-state index is -0.299. The van der Waals surface area contributed by atoms with Crippen LogP contribution in [-0.4, -0.2) is 32.3 Å². The standard InChI is InChI=1S/C19H27N3O2/c1-5-22-11-17(14(3)20)24-12-19(10-16(19)18(23)21-4)15-9-7-6-8-13(15)2/h6-9,11,16H,5,10,12,20H2,1-4H3,(H,21,23)/b17-14+,22-11?. The second-order valence-electron chi connectivity index (χ2n) is 6.31. The Balaban J connectivity index is 2.27. The van der Waals surface area contributed by atoms with E-state index in [9.17, 15) is 4.79 Å². The summed E-state index contributed by atoms with van der Waals surface area (Å²) in [6.45, 7) is 6.90. The van der Waals surface area contributed by atoms with Crippen LogP contribution < -0.4 is 11.1 Å². The molecule has 1 saturated carbocycles. The molecule has 1 aromatic carbocycles. The van der Waals surface area contributed by atoms with Gasteiger partial charge in [-0.3, -0.25) is 9.79 Å². The molecule has 1 aromatic rings. The van der Waals surface area contributed by atoms with Crippen LogP contribution in [0.3, 0.4) is 0 Å². The molecule has 0 saturated heterocycles. The molecule has 0 heterocycles. The number of carbonyl (C=O) groups excluding carboxylic acids is 1. The van der Waals surface area contributed by atoms with Crippen molar-refractivity contribution >= 4 is 12.1 Å². The molecule has 2 unspecified atom stereocenters. The van der Waals surface area contributed by atoms with Crippen molar-refractivity contribution in [3.8, 4) is 0 Å². The van der Waals surface area contributed by atoms with Gasteiger partial charge >= 0.3 is 0 Å². The Hall–Kier alpha value is -2.30. The first kappa shape index (κ1) is 18.0. The number of carbonyl (C=O) groups is 1. The van der Waals surface area contributed by atoms with Gasteiger partial charge in [-0.05, 0) is 38.3 Å². The van der Waals surface area contributed by atoms with E-state index in [1.165, 1.54) is 11.1 Å². The summed E-state index contributed by atoms with van der Waals surface area (Å²) in [6.07, 6.45) is 2.44. The Morgan fingerprint density at radius 1 is 1.50 bits per heavy atom. The molecule has 5 nitrogen and oxygen atoms in total. The van der Waals surface area contributed by atoms with Crippen molar-refractivity contribution in [1.82, 2.24) is 5.32 Å². The van der Waals surface area contributed by atoms with Gasteiger partial charge in [0.2, 0.25) is 5.91 Å².